The van der Waals surface area contributed by atoms with Crippen LogP contribution < -0.4 is 27.1 Å². The average molecular weight is 971 g/mol. The predicted octanol–water partition coefficient (Wildman–Crippen LogP) is 5.37. The summed E-state index contributed by atoms with van der Waals surface area (Å²) < 4.78 is 35.6. The van der Waals surface area contributed by atoms with Gasteiger partial charge in [-0.05, 0) is 67.8 Å². The van der Waals surface area contributed by atoms with Crippen LogP contribution in [0.2, 0.25) is 5.02 Å². The Kier molecular flexibility index (Phi) is 14.7. The van der Waals surface area contributed by atoms with Gasteiger partial charge in [-0.25, -0.2) is 18.7 Å². The summed E-state index contributed by atoms with van der Waals surface area (Å²) in [6, 6.07) is 20.7. The fourth-order valence-electron chi connectivity index (χ4n) is 8.99. The molecule has 4 aliphatic rings. The van der Waals surface area contributed by atoms with Crippen molar-refractivity contribution < 1.29 is 32.7 Å². The number of hydrogen-bond donors (Lipinski definition) is 5. The third kappa shape index (κ3) is 10.8. The fourth-order valence-corrected chi connectivity index (χ4v) is 9.16. The Morgan fingerprint density at radius 2 is 1.74 bits per heavy atom. The molecule has 1 unspecified atom stereocenters. The van der Waals surface area contributed by atoms with Crippen molar-refractivity contribution in [3.8, 4) is 11.3 Å². The summed E-state index contributed by atoms with van der Waals surface area (Å²) in [6.07, 6.45) is 5.56. The van der Waals surface area contributed by atoms with Gasteiger partial charge in [0.2, 0.25) is 23.7 Å². The van der Waals surface area contributed by atoms with Gasteiger partial charge in [-0.3, -0.25) is 34.5 Å². The van der Waals surface area contributed by atoms with E-state index in [-0.39, 0.29) is 67.6 Å². The maximum absolute atomic E-state index is 15.0. The SMILES string of the molecule is NN=C(C=NC1CCN(CCNCCOCC(=O)Nc2cccc3c2CN(C2CCC(=O)NC2=O)C3=O)CC1)c1ccc(Nc2ncc3c(n2)-c2ccc(Cl)cc2C(c2c(F)cccc2F)=NC3)cc1. The molecule has 1 aromatic heterocycles. The van der Waals surface area contributed by atoms with Gasteiger partial charge >= 0.3 is 0 Å². The van der Waals surface area contributed by atoms with Crippen molar-refractivity contribution in [3.05, 3.63) is 135 Å². The molecule has 0 bridgehead atoms. The van der Waals surface area contributed by atoms with E-state index in [1.807, 2.05) is 24.3 Å². The minimum absolute atomic E-state index is 0.105. The van der Waals surface area contributed by atoms with Gasteiger partial charge in [-0.2, -0.15) is 5.10 Å². The molecule has 5 aromatic rings. The van der Waals surface area contributed by atoms with Crippen LogP contribution in [0.15, 0.2) is 100 Å². The molecule has 4 amide bonds. The van der Waals surface area contributed by atoms with Crippen LogP contribution in [0.1, 0.15) is 63.9 Å². The van der Waals surface area contributed by atoms with Crippen molar-refractivity contribution >= 4 is 70.2 Å². The first-order chi connectivity index (χ1) is 34.0. The lowest BCUT2D eigenvalue weighted by Gasteiger charge is -2.30. The van der Waals surface area contributed by atoms with Crippen LogP contribution in [0.3, 0.4) is 0 Å². The molecule has 9 rings (SSSR count). The van der Waals surface area contributed by atoms with Crippen molar-refractivity contribution in [2.45, 2.75) is 50.9 Å². The predicted molar refractivity (Wildman–Crippen MR) is 261 cm³/mol. The number of likely N-dealkylation sites (tertiary alicyclic amines) is 1. The number of halogens is 3. The van der Waals surface area contributed by atoms with Gasteiger partial charge < -0.3 is 36.3 Å². The maximum Gasteiger partial charge on any atom is 0.255 e. The zero-order valence-electron chi connectivity index (χ0n) is 37.9. The second-order valence-corrected chi connectivity index (χ2v) is 17.6. The number of aromatic nitrogens is 2. The van der Waals surface area contributed by atoms with Gasteiger partial charge in [0.1, 0.15) is 30.0 Å². The average Bonchev–Trinajstić information content (AvgIpc) is 3.61. The summed E-state index contributed by atoms with van der Waals surface area (Å²) in [6.45, 7) is 4.38. The Bertz CT molecular complexity index is 2910. The van der Waals surface area contributed by atoms with E-state index in [0.29, 0.717) is 74.7 Å². The third-order valence-corrected chi connectivity index (χ3v) is 12.9. The molecule has 0 aliphatic carbocycles. The summed E-state index contributed by atoms with van der Waals surface area (Å²) in [5.41, 5.74) is 5.80. The number of ether oxygens (including phenoxy) is 1. The van der Waals surface area contributed by atoms with Gasteiger partial charge in [0.15, 0.2) is 0 Å². The molecule has 5 heterocycles. The van der Waals surface area contributed by atoms with Gasteiger partial charge in [0, 0.05) is 108 Å². The zero-order valence-corrected chi connectivity index (χ0v) is 38.6. The molecule has 6 N–H and O–H groups in total. The Labute approximate surface area is 406 Å². The second-order valence-electron chi connectivity index (χ2n) is 17.2. The Morgan fingerprint density at radius 1 is 0.957 bits per heavy atom. The van der Waals surface area contributed by atoms with Crippen LogP contribution in [0.5, 0.6) is 0 Å². The highest BCUT2D eigenvalue weighted by molar-refractivity contribution is 6.38. The lowest BCUT2D eigenvalue weighted by Crippen LogP contribution is -2.52. The molecule has 4 aliphatic heterocycles. The van der Waals surface area contributed by atoms with Crippen molar-refractivity contribution in [1.82, 2.24) is 30.4 Å². The van der Waals surface area contributed by atoms with E-state index >= 15 is 0 Å². The van der Waals surface area contributed by atoms with Crippen LogP contribution >= 0.6 is 11.6 Å². The molecule has 360 valence electrons. The summed E-state index contributed by atoms with van der Waals surface area (Å²) in [4.78, 5) is 72.4. The zero-order chi connectivity index (χ0) is 48.7. The van der Waals surface area contributed by atoms with Gasteiger partial charge in [0.05, 0.1) is 36.2 Å². The molecular formula is C50H49ClF2N12O5. The van der Waals surface area contributed by atoms with Gasteiger partial charge in [-0.1, -0.05) is 41.9 Å². The van der Waals surface area contributed by atoms with E-state index in [4.69, 9.17) is 32.2 Å². The number of fused-ring (bicyclic) bond motifs is 4. The summed E-state index contributed by atoms with van der Waals surface area (Å²) in [5, 5.41) is 16.1. The van der Waals surface area contributed by atoms with Gasteiger partial charge in [0.25, 0.3) is 5.91 Å². The highest BCUT2D eigenvalue weighted by atomic mass is 35.5. The van der Waals surface area contributed by atoms with E-state index in [2.05, 4.69) is 41.2 Å². The molecule has 20 heteroatoms. The number of anilines is 3. The highest BCUT2D eigenvalue weighted by Gasteiger charge is 2.40. The largest absolute Gasteiger partial charge is 0.370 e. The number of hydrazone groups is 1. The number of benzene rings is 4. The number of amides is 4. The first kappa shape index (κ1) is 47.7. The number of rotatable bonds is 16. The lowest BCUT2D eigenvalue weighted by molar-refractivity contribution is -0.137. The number of carbonyl (C=O) groups is 4. The van der Waals surface area contributed by atoms with E-state index in [1.165, 1.54) is 23.1 Å². The highest BCUT2D eigenvalue weighted by Crippen LogP contribution is 2.36. The molecule has 2 saturated heterocycles. The summed E-state index contributed by atoms with van der Waals surface area (Å²) in [7, 11) is 0. The summed E-state index contributed by atoms with van der Waals surface area (Å²) in [5.74, 6) is 3.18. The van der Waals surface area contributed by atoms with Crippen molar-refractivity contribution in [2.75, 3.05) is 56.6 Å². The number of hydrogen-bond acceptors (Lipinski definition) is 14. The normalized spacial score (nSPS) is 17.4. The van der Waals surface area contributed by atoms with E-state index in [1.54, 1.807) is 48.8 Å². The number of nitrogens with one attached hydrogen (secondary N) is 4. The van der Waals surface area contributed by atoms with E-state index in [0.717, 1.165) is 44.6 Å². The molecule has 0 radical (unpaired) electrons. The Hall–Kier alpha value is -7.32. The monoisotopic (exact) mass is 970 g/mol. The molecule has 17 nitrogen and oxygen atoms in total. The van der Waals surface area contributed by atoms with Crippen LogP contribution in [-0.2, 0) is 32.2 Å². The molecule has 2 fully saturated rings. The molecule has 70 heavy (non-hydrogen) atoms. The standard InChI is InChI=1S/C50H49ClF2N12O5/c51-31-9-12-34-36(23-31)47(45-38(52)4-2-5-39(45)53)57-24-30-25-58-50(62-46(30)34)59-33-10-7-29(8-11-33)41(63-54)26-56-32-15-19-64(20-16-32)21-17-55-18-22-70-28-44(67)60-40-6-1-3-35-37(40)27-65(49(35)69)42-13-14-43(66)61-48(42)68/h1-12,23,25-26,32,42,55H,13-22,24,27-28,54H2,(H,60,67)(H,58,59,62)(H,61,66,68). The van der Waals surface area contributed by atoms with Crippen molar-refractivity contribution in [1.29, 1.82) is 0 Å². The number of nitrogens with two attached hydrogens (primary N) is 1. The lowest BCUT2D eigenvalue weighted by atomic mass is 9.95. The fraction of sp³-hybridized carbons (Fsp3) is 0.300. The first-order valence-electron chi connectivity index (χ1n) is 22.9. The van der Waals surface area contributed by atoms with Crippen LogP contribution in [0, 0.1) is 11.6 Å². The number of aliphatic imine (C=N–C) groups is 2. The van der Waals surface area contributed by atoms with Crippen LogP contribution in [0.25, 0.3) is 11.3 Å². The smallest absolute Gasteiger partial charge is 0.255 e. The van der Waals surface area contributed by atoms with E-state index in [9.17, 15) is 28.0 Å². The molecule has 1 atom stereocenters. The topological polar surface area (TPSA) is 221 Å². The van der Waals surface area contributed by atoms with Crippen molar-refractivity contribution in [3.63, 3.8) is 0 Å². The van der Waals surface area contributed by atoms with Crippen molar-refractivity contribution in [2.24, 2.45) is 20.9 Å². The minimum Gasteiger partial charge on any atom is -0.370 e. The number of imide groups is 1. The number of nitrogens with zero attached hydrogens (tertiary/aromatic N) is 7. The Morgan fingerprint density at radius 3 is 2.51 bits per heavy atom. The van der Waals surface area contributed by atoms with Crippen LogP contribution in [-0.4, -0.2) is 119 Å². The molecular weight excluding hydrogens is 922 g/mol. The van der Waals surface area contributed by atoms with Crippen LogP contribution in [0.4, 0.5) is 26.1 Å². The molecule has 0 saturated carbocycles. The van der Waals surface area contributed by atoms with Gasteiger partial charge in [-0.15, -0.1) is 0 Å². The minimum atomic E-state index is -0.738. The molecule has 0 spiro atoms. The molecule has 4 aromatic carbocycles. The number of carbonyl (C=O) groups excluding carboxylic acids is 4. The third-order valence-electron chi connectivity index (χ3n) is 12.6. The first-order valence-corrected chi connectivity index (χ1v) is 23.3. The number of piperidine rings is 2. The Balaban J connectivity index is 0.689. The summed E-state index contributed by atoms with van der Waals surface area (Å²) >= 11 is 6.37. The quantitative estimate of drug-likeness (QED) is 0.0278. The maximum atomic E-state index is 15.0. The second kappa shape index (κ2) is 21.5. The van der Waals surface area contributed by atoms with E-state index < -0.39 is 23.6 Å².